The number of amides is 1. The number of nitrogens with zero attached hydrogens (tertiary/aromatic N) is 1. The van der Waals surface area contributed by atoms with Gasteiger partial charge in [0, 0.05) is 12.6 Å². The van der Waals surface area contributed by atoms with Crippen LogP contribution in [0.1, 0.15) is 31.7 Å². The molecule has 0 atom stereocenters. The maximum atomic E-state index is 11.9. The summed E-state index contributed by atoms with van der Waals surface area (Å²) in [6.45, 7) is 2.09. The number of hydrogen-bond acceptors (Lipinski definition) is 2. The van der Waals surface area contributed by atoms with Crippen LogP contribution in [0, 0.1) is 0 Å². The largest absolute Gasteiger partial charge is 0.335 e. The predicted molar refractivity (Wildman–Crippen MR) is 65.3 cm³/mol. The van der Waals surface area contributed by atoms with Crippen molar-refractivity contribution in [1.82, 2.24) is 4.90 Å². The predicted octanol–water partition coefficient (Wildman–Crippen LogP) is 2.16. The molecule has 0 aromatic heterocycles. The van der Waals surface area contributed by atoms with Crippen LogP contribution in [0.5, 0.6) is 0 Å². The Balaban J connectivity index is 2.03. The number of carbonyl (C=O) groups excluding carboxylic acids is 2. The first-order valence-electron chi connectivity index (χ1n) is 5.99. The van der Waals surface area contributed by atoms with Crippen molar-refractivity contribution in [3.8, 4) is 0 Å². The number of hydrogen-bond donors (Lipinski definition) is 0. The summed E-state index contributed by atoms with van der Waals surface area (Å²) in [6, 6.07) is 10.3. The minimum absolute atomic E-state index is 0.0311. The van der Waals surface area contributed by atoms with E-state index in [4.69, 9.17) is 0 Å². The van der Waals surface area contributed by atoms with Crippen LogP contribution in [0.15, 0.2) is 30.3 Å². The molecule has 0 spiro atoms. The molecule has 2 rings (SSSR count). The maximum absolute atomic E-state index is 11.9. The van der Waals surface area contributed by atoms with E-state index in [1.807, 2.05) is 35.2 Å². The van der Waals surface area contributed by atoms with Crippen LogP contribution in [-0.4, -0.2) is 22.6 Å². The second-order valence-electron chi connectivity index (χ2n) is 4.62. The third-order valence-corrected chi connectivity index (χ3v) is 2.90. The van der Waals surface area contributed by atoms with Crippen molar-refractivity contribution in [2.24, 2.45) is 0 Å². The van der Waals surface area contributed by atoms with Gasteiger partial charge in [0.25, 0.3) is 0 Å². The zero-order valence-corrected chi connectivity index (χ0v) is 10.1. The molecule has 17 heavy (non-hydrogen) atoms. The quantitative estimate of drug-likeness (QED) is 0.728. The molecule has 3 heteroatoms. The first-order chi connectivity index (χ1) is 8.16. The SMILES string of the molecule is CC(=O)CC(=O)N(Cc1ccccc1)C1CC1. The van der Waals surface area contributed by atoms with Gasteiger partial charge in [-0.3, -0.25) is 9.59 Å². The summed E-state index contributed by atoms with van der Waals surface area (Å²) < 4.78 is 0. The van der Waals surface area contributed by atoms with Gasteiger partial charge in [0.2, 0.25) is 5.91 Å². The van der Waals surface area contributed by atoms with Gasteiger partial charge in [-0.1, -0.05) is 30.3 Å². The molecule has 0 heterocycles. The minimum Gasteiger partial charge on any atom is -0.335 e. The van der Waals surface area contributed by atoms with Crippen LogP contribution in [0.25, 0.3) is 0 Å². The third kappa shape index (κ3) is 3.41. The zero-order chi connectivity index (χ0) is 12.3. The molecule has 1 saturated carbocycles. The molecule has 1 aromatic rings. The van der Waals surface area contributed by atoms with E-state index in [9.17, 15) is 9.59 Å². The van der Waals surface area contributed by atoms with Gasteiger partial charge in [-0.05, 0) is 25.3 Å². The number of Topliss-reactive ketones (excluding diaryl/α,β-unsaturated/α-hetero) is 1. The van der Waals surface area contributed by atoms with Crippen molar-refractivity contribution in [3.63, 3.8) is 0 Å². The zero-order valence-electron chi connectivity index (χ0n) is 10.1. The Hall–Kier alpha value is -1.64. The van der Waals surface area contributed by atoms with Crippen LogP contribution in [0.3, 0.4) is 0 Å². The van der Waals surface area contributed by atoms with Gasteiger partial charge >= 0.3 is 0 Å². The Bertz CT molecular complexity index is 409. The summed E-state index contributed by atoms with van der Waals surface area (Å²) >= 11 is 0. The lowest BCUT2D eigenvalue weighted by Crippen LogP contribution is -2.33. The van der Waals surface area contributed by atoms with E-state index in [0.29, 0.717) is 12.6 Å². The normalized spacial score (nSPS) is 14.4. The standard InChI is InChI=1S/C14H17NO2/c1-11(16)9-14(17)15(13-7-8-13)10-12-5-3-2-4-6-12/h2-6,13H,7-10H2,1H3. The number of benzene rings is 1. The van der Waals surface area contributed by atoms with Crippen LogP contribution in [-0.2, 0) is 16.1 Å². The Morgan fingerprint density at radius 1 is 1.24 bits per heavy atom. The molecule has 1 aliphatic carbocycles. The van der Waals surface area contributed by atoms with E-state index >= 15 is 0 Å². The summed E-state index contributed by atoms with van der Waals surface area (Å²) in [5.41, 5.74) is 1.12. The Kier molecular flexibility index (Phi) is 3.57. The highest BCUT2D eigenvalue weighted by Crippen LogP contribution is 2.28. The molecule has 0 aliphatic heterocycles. The third-order valence-electron chi connectivity index (χ3n) is 2.90. The first kappa shape index (κ1) is 11.8. The Morgan fingerprint density at radius 3 is 2.41 bits per heavy atom. The average molecular weight is 231 g/mol. The van der Waals surface area contributed by atoms with E-state index in [1.165, 1.54) is 6.92 Å². The van der Waals surface area contributed by atoms with Gasteiger partial charge in [-0.2, -0.15) is 0 Å². The molecule has 1 aromatic carbocycles. The van der Waals surface area contributed by atoms with E-state index < -0.39 is 0 Å². The van der Waals surface area contributed by atoms with Crippen LogP contribution in [0.2, 0.25) is 0 Å². The summed E-state index contributed by atoms with van der Waals surface area (Å²) in [7, 11) is 0. The van der Waals surface area contributed by atoms with Crippen LogP contribution < -0.4 is 0 Å². The van der Waals surface area contributed by atoms with Crippen LogP contribution >= 0.6 is 0 Å². The minimum atomic E-state index is -0.0614. The van der Waals surface area contributed by atoms with Crippen molar-refractivity contribution < 1.29 is 9.59 Å². The van der Waals surface area contributed by atoms with E-state index in [0.717, 1.165) is 18.4 Å². The van der Waals surface area contributed by atoms with E-state index in [-0.39, 0.29) is 18.1 Å². The number of carbonyl (C=O) groups is 2. The fraction of sp³-hybridized carbons (Fsp3) is 0.429. The molecule has 0 bridgehead atoms. The Morgan fingerprint density at radius 2 is 1.88 bits per heavy atom. The van der Waals surface area contributed by atoms with Gasteiger partial charge in [-0.15, -0.1) is 0 Å². The molecule has 90 valence electrons. The summed E-state index contributed by atoms with van der Waals surface area (Å²) in [6.07, 6.45) is 2.16. The molecule has 0 radical (unpaired) electrons. The monoisotopic (exact) mass is 231 g/mol. The lowest BCUT2D eigenvalue weighted by atomic mass is 10.2. The summed E-state index contributed by atoms with van der Waals surface area (Å²) in [5, 5.41) is 0. The molecule has 1 aliphatic rings. The van der Waals surface area contributed by atoms with E-state index in [2.05, 4.69) is 0 Å². The second kappa shape index (κ2) is 5.13. The molecule has 0 N–H and O–H groups in total. The van der Waals surface area contributed by atoms with Crippen molar-refractivity contribution in [2.45, 2.75) is 38.8 Å². The summed E-state index contributed by atoms with van der Waals surface area (Å²) in [4.78, 5) is 24.8. The smallest absolute Gasteiger partial charge is 0.230 e. The lowest BCUT2D eigenvalue weighted by molar-refractivity contribution is -0.135. The molecule has 1 fully saturated rings. The molecule has 3 nitrogen and oxygen atoms in total. The molecule has 0 saturated heterocycles. The molecular formula is C14H17NO2. The highest BCUT2D eigenvalue weighted by molar-refractivity contribution is 5.97. The van der Waals surface area contributed by atoms with Crippen molar-refractivity contribution >= 4 is 11.7 Å². The van der Waals surface area contributed by atoms with E-state index in [1.54, 1.807) is 0 Å². The van der Waals surface area contributed by atoms with Gasteiger partial charge in [0.05, 0.1) is 6.42 Å². The maximum Gasteiger partial charge on any atom is 0.230 e. The van der Waals surface area contributed by atoms with Gasteiger partial charge in [0.1, 0.15) is 5.78 Å². The molecular weight excluding hydrogens is 214 g/mol. The fourth-order valence-electron chi connectivity index (χ4n) is 1.90. The van der Waals surface area contributed by atoms with Crippen molar-refractivity contribution in [1.29, 1.82) is 0 Å². The van der Waals surface area contributed by atoms with Gasteiger partial charge in [0.15, 0.2) is 0 Å². The van der Waals surface area contributed by atoms with Crippen molar-refractivity contribution in [2.75, 3.05) is 0 Å². The van der Waals surface area contributed by atoms with Crippen molar-refractivity contribution in [3.05, 3.63) is 35.9 Å². The average Bonchev–Trinajstić information content (AvgIpc) is 3.10. The molecule has 1 amide bonds. The molecule has 0 unspecified atom stereocenters. The van der Waals surface area contributed by atoms with Gasteiger partial charge < -0.3 is 4.90 Å². The lowest BCUT2D eigenvalue weighted by Gasteiger charge is -2.22. The second-order valence-corrected chi connectivity index (χ2v) is 4.62. The number of ketones is 1. The topological polar surface area (TPSA) is 37.4 Å². The Labute approximate surface area is 101 Å². The van der Waals surface area contributed by atoms with Crippen LogP contribution in [0.4, 0.5) is 0 Å². The number of rotatable bonds is 5. The highest BCUT2D eigenvalue weighted by atomic mass is 16.2. The first-order valence-corrected chi connectivity index (χ1v) is 5.99. The highest BCUT2D eigenvalue weighted by Gasteiger charge is 2.32. The fourth-order valence-corrected chi connectivity index (χ4v) is 1.90. The summed E-state index contributed by atoms with van der Waals surface area (Å²) in [5.74, 6) is -0.0995. The van der Waals surface area contributed by atoms with Gasteiger partial charge in [-0.25, -0.2) is 0 Å².